The first-order valence-electron chi connectivity index (χ1n) is 8.46. The van der Waals surface area contributed by atoms with Crippen LogP contribution in [0.3, 0.4) is 0 Å². The number of nitrogens with zero attached hydrogens (tertiary/aromatic N) is 2. The van der Waals surface area contributed by atoms with E-state index in [0.29, 0.717) is 5.92 Å². The molecular weight excluding hydrogens is 250 g/mol. The highest BCUT2D eigenvalue weighted by Gasteiger charge is 2.67. The zero-order valence-electron chi connectivity index (χ0n) is 11.9. The van der Waals surface area contributed by atoms with Crippen molar-refractivity contribution < 1.29 is 4.42 Å². The largest absolute Gasteiger partial charge is 0.425 e. The Morgan fingerprint density at radius 3 is 2.60 bits per heavy atom. The van der Waals surface area contributed by atoms with Crippen molar-refractivity contribution in [1.29, 1.82) is 0 Å². The highest BCUT2D eigenvalue weighted by Crippen LogP contribution is 2.72. The van der Waals surface area contributed by atoms with Gasteiger partial charge in [-0.25, -0.2) is 0 Å². The standard InChI is InChI=1S/C16H23N3O/c1(7-17-11-5-6-11)2-12-18-19-16(20-12)15-13-9-3-4-10(8-9)14(13)15/h9-11,13-15,17H,1-8H2. The van der Waals surface area contributed by atoms with Gasteiger partial charge in [-0.2, -0.15) is 0 Å². The smallest absolute Gasteiger partial charge is 0.220 e. The fourth-order valence-corrected chi connectivity index (χ4v) is 4.99. The number of fused-ring (bicyclic) bond motifs is 5. The van der Waals surface area contributed by atoms with Crippen LogP contribution < -0.4 is 5.32 Å². The Balaban J connectivity index is 1.17. The number of hydrogen-bond donors (Lipinski definition) is 1. The molecular formula is C16H23N3O. The van der Waals surface area contributed by atoms with E-state index in [1.165, 1.54) is 32.1 Å². The molecule has 4 aliphatic carbocycles. The van der Waals surface area contributed by atoms with Gasteiger partial charge >= 0.3 is 0 Å². The lowest BCUT2D eigenvalue weighted by molar-refractivity contribution is 0.406. The van der Waals surface area contributed by atoms with Crippen LogP contribution in [0, 0.1) is 23.7 Å². The predicted molar refractivity (Wildman–Crippen MR) is 74.2 cm³/mol. The summed E-state index contributed by atoms with van der Waals surface area (Å²) in [5, 5.41) is 12.1. The van der Waals surface area contributed by atoms with Crippen molar-refractivity contribution >= 4 is 0 Å². The Bertz CT molecular complexity index is 494. The highest BCUT2D eigenvalue weighted by molar-refractivity contribution is 5.22. The second-order valence-corrected chi connectivity index (χ2v) is 7.38. The van der Waals surface area contributed by atoms with Crippen LogP contribution >= 0.6 is 0 Å². The summed E-state index contributed by atoms with van der Waals surface area (Å²) in [6.45, 7) is 1.08. The van der Waals surface area contributed by atoms with Crippen LogP contribution in [-0.2, 0) is 6.42 Å². The number of hydrogen-bond acceptors (Lipinski definition) is 4. The van der Waals surface area contributed by atoms with Crippen LogP contribution in [0.5, 0.6) is 0 Å². The van der Waals surface area contributed by atoms with E-state index >= 15 is 0 Å². The average molecular weight is 273 g/mol. The first-order valence-corrected chi connectivity index (χ1v) is 8.46. The number of aromatic nitrogens is 2. The molecule has 0 amide bonds. The molecule has 20 heavy (non-hydrogen) atoms. The molecule has 108 valence electrons. The van der Waals surface area contributed by atoms with E-state index in [-0.39, 0.29) is 0 Å². The van der Waals surface area contributed by atoms with E-state index in [4.69, 9.17) is 4.42 Å². The van der Waals surface area contributed by atoms with Gasteiger partial charge in [0.2, 0.25) is 11.8 Å². The van der Waals surface area contributed by atoms with Crippen LogP contribution in [0.4, 0.5) is 0 Å². The van der Waals surface area contributed by atoms with Gasteiger partial charge in [0, 0.05) is 18.4 Å². The fraction of sp³-hybridized carbons (Fsp3) is 0.875. The normalized spacial score (nSPS) is 41.1. The summed E-state index contributed by atoms with van der Waals surface area (Å²) >= 11 is 0. The summed E-state index contributed by atoms with van der Waals surface area (Å²) in [6, 6.07) is 0.801. The van der Waals surface area contributed by atoms with Crippen molar-refractivity contribution in [2.75, 3.05) is 6.54 Å². The summed E-state index contributed by atoms with van der Waals surface area (Å²) in [5.74, 6) is 6.21. The lowest BCUT2D eigenvalue weighted by atomic mass is 10.0. The number of rotatable bonds is 6. The summed E-state index contributed by atoms with van der Waals surface area (Å²) in [7, 11) is 0. The third-order valence-electron chi connectivity index (χ3n) is 6.08. The zero-order valence-corrected chi connectivity index (χ0v) is 11.9. The van der Waals surface area contributed by atoms with Crippen LogP contribution in [-0.4, -0.2) is 22.8 Å². The Hall–Kier alpha value is -0.900. The molecule has 4 nitrogen and oxygen atoms in total. The minimum atomic E-state index is 0.632. The van der Waals surface area contributed by atoms with Gasteiger partial charge in [-0.1, -0.05) is 0 Å². The monoisotopic (exact) mass is 273 g/mol. The molecule has 1 N–H and O–H groups in total. The molecule has 0 aromatic carbocycles. The van der Waals surface area contributed by atoms with Crippen molar-refractivity contribution in [3.8, 4) is 0 Å². The summed E-state index contributed by atoms with van der Waals surface area (Å²) < 4.78 is 5.94. The van der Waals surface area contributed by atoms with Crippen molar-refractivity contribution in [2.45, 2.75) is 56.9 Å². The predicted octanol–water partition coefficient (Wildman–Crippen LogP) is 2.51. The quantitative estimate of drug-likeness (QED) is 0.809. The second kappa shape index (κ2) is 4.30. The molecule has 4 heteroatoms. The highest BCUT2D eigenvalue weighted by atomic mass is 16.4. The van der Waals surface area contributed by atoms with Crippen molar-refractivity contribution in [2.24, 2.45) is 23.7 Å². The average Bonchev–Trinajstić information content (AvgIpc) is 3.29. The Morgan fingerprint density at radius 1 is 1.05 bits per heavy atom. The van der Waals surface area contributed by atoms with Crippen LogP contribution in [0.2, 0.25) is 0 Å². The van der Waals surface area contributed by atoms with E-state index in [2.05, 4.69) is 15.5 Å². The van der Waals surface area contributed by atoms with E-state index < -0.39 is 0 Å². The fourth-order valence-electron chi connectivity index (χ4n) is 4.99. The van der Waals surface area contributed by atoms with Gasteiger partial charge < -0.3 is 9.73 Å². The van der Waals surface area contributed by atoms with Crippen molar-refractivity contribution in [1.82, 2.24) is 15.5 Å². The molecule has 2 bridgehead atoms. The third-order valence-corrected chi connectivity index (χ3v) is 6.08. The molecule has 1 aromatic rings. The molecule has 0 radical (unpaired) electrons. The maximum atomic E-state index is 5.94. The van der Waals surface area contributed by atoms with E-state index in [1.807, 2.05) is 0 Å². The third kappa shape index (κ3) is 1.84. The maximum Gasteiger partial charge on any atom is 0.220 e. The van der Waals surface area contributed by atoms with Crippen LogP contribution in [0.25, 0.3) is 0 Å². The van der Waals surface area contributed by atoms with E-state index in [0.717, 1.165) is 60.9 Å². The van der Waals surface area contributed by atoms with Crippen molar-refractivity contribution in [3.05, 3.63) is 11.8 Å². The molecule has 4 atom stereocenters. The van der Waals surface area contributed by atoms with Crippen LogP contribution in [0.1, 0.15) is 56.2 Å². The minimum Gasteiger partial charge on any atom is -0.425 e. The molecule has 1 heterocycles. The van der Waals surface area contributed by atoms with Gasteiger partial charge in [0.25, 0.3) is 0 Å². The number of nitrogens with one attached hydrogen (secondary N) is 1. The topological polar surface area (TPSA) is 51.0 Å². The molecule has 5 rings (SSSR count). The Kier molecular flexibility index (Phi) is 2.52. The number of aryl methyl sites for hydroxylation is 1. The van der Waals surface area contributed by atoms with E-state index in [9.17, 15) is 0 Å². The van der Waals surface area contributed by atoms with Gasteiger partial charge in [-0.3, -0.25) is 0 Å². The molecule has 1 aromatic heterocycles. The summed E-state index contributed by atoms with van der Waals surface area (Å²) in [4.78, 5) is 0. The van der Waals surface area contributed by atoms with Crippen molar-refractivity contribution in [3.63, 3.8) is 0 Å². The molecule has 4 saturated carbocycles. The molecule has 0 spiro atoms. The molecule has 4 unspecified atom stereocenters. The van der Waals surface area contributed by atoms with Gasteiger partial charge in [-0.15, -0.1) is 10.2 Å². The zero-order chi connectivity index (χ0) is 13.1. The lowest BCUT2D eigenvalue weighted by Crippen LogP contribution is -2.17. The SMILES string of the molecule is C(CNC1CC1)Cc1nnc(C2C3C4CCC(C4)C23)o1. The van der Waals surface area contributed by atoms with Crippen LogP contribution in [0.15, 0.2) is 4.42 Å². The van der Waals surface area contributed by atoms with E-state index in [1.54, 1.807) is 0 Å². The summed E-state index contributed by atoms with van der Waals surface area (Å²) in [6.07, 6.45) is 9.16. The first kappa shape index (κ1) is 11.7. The van der Waals surface area contributed by atoms with Gasteiger partial charge in [0.15, 0.2) is 0 Å². The molecule has 0 aliphatic heterocycles. The Morgan fingerprint density at radius 2 is 1.85 bits per heavy atom. The van der Waals surface area contributed by atoms with Gasteiger partial charge in [0.1, 0.15) is 0 Å². The first-order chi connectivity index (χ1) is 9.90. The minimum absolute atomic E-state index is 0.632. The Labute approximate surface area is 119 Å². The molecule has 4 fully saturated rings. The second-order valence-electron chi connectivity index (χ2n) is 7.38. The maximum absolute atomic E-state index is 5.94. The summed E-state index contributed by atoms with van der Waals surface area (Å²) in [5.41, 5.74) is 0. The molecule has 4 aliphatic rings. The van der Waals surface area contributed by atoms with Gasteiger partial charge in [0.05, 0.1) is 0 Å². The van der Waals surface area contributed by atoms with Gasteiger partial charge in [-0.05, 0) is 68.7 Å². The lowest BCUT2D eigenvalue weighted by Gasteiger charge is -2.04. The molecule has 0 saturated heterocycles.